The molecule has 21 heavy (non-hydrogen) atoms. The first-order valence-electron chi connectivity index (χ1n) is 6.36. The molecule has 2 aromatic rings. The van der Waals surface area contributed by atoms with Crippen LogP contribution in [0.2, 0.25) is 0 Å². The summed E-state index contributed by atoms with van der Waals surface area (Å²) < 4.78 is 31.5. The predicted octanol–water partition coefficient (Wildman–Crippen LogP) is 2.46. The molecule has 0 aromatic heterocycles. The van der Waals surface area contributed by atoms with Crippen molar-refractivity contribution in [1.82, 2.24) is 0 Å². The van der Waals surface area contributed by atoms with Gasteiger partial charge < -0.3 is 5.32 Å². The lowest BCUT2D eigenvalue weighted by molar-refractivity contribution is -0.114. The summed E-state index contributed by atoms with van der Waals surface area (Å²) >= 11 is 0. The van der Waals surface area contributed by atoms with Gasteiger partial charge in [-0.3, -0.25) is 9.35 Å². The van der Waals surface area contributed by atoms with Gasteiger partial charge in [-0.2, -0.15) is 8.42 Å². The van der Waals surface area contributed by atoms with Crippen LogP contribution in [0.3, 0.4) is 0 Å². The van der Waals surface area contributed by atoms with E-state index in [1.165, 1.54) is 19.1 Å². The van der Waals surface area contributed by atoms with Gasteiger partial charge in [0.1, 0.15) is 0 Å². The molecule has 0 fully saturated rings. The molecule has 0 spiro atoms. The standard InChI is InChI=1S/C15H13NO4S/c1-9(17)16-12-2-4-14-10(7-12)6-11-8-13(21(18,19)20)3-5-15(11)14/h2-5,7-8H,6H2,1H3,(H,16,17)(H,18,19,20). The first kappa shape index (κ1) is 13.8. The van der Waals surface area contributed by atoms with Crippen LogP contribution in [-0.2, 0) is 21.3 Å². The summed E-state index contributed by atoms with van der Waals surface area (Å²) in [5.41, 5.74) is 4.54. The van der Waals surface area contributed by atoms with Crippen LogP contribution in [0.1, 0.15) is 18.1 Å². The highest BCUT2D eigenvalue weighted by atomic mass is 32.2. The van der Waals surface area contributed by atoms with Gasteiger partial charge in [-0.05, 0) is 52.9 Å². The zero-order valence-corrected chi connectivity index (χ0v) is 12.1. The third kappa shape index (κ3) is 2.55. The molecular weight excluding hydrogens is 290 g/mol. The molecule has 108 valence electrons. The van der Waals surface area contributed by atoms with Crippen LogP contribution in [0.25, 0.3) is 11.1 Å². The molecule has 1 amide bonds. The van der Waals surface area contributed by atoms with E-state index < -0.39 is 10.1 Å². The number of fused-ring (bicyclic) bond motifs is 3. The molecule has 6 heteroatoms. The maximum atomic E-state index is 11.2. The second-order valence-electron chi connectivity index (χ2n) is 5.02. The van der Waals surface area contributed by atoms with Crippen molar-refractivity contribution < 1.29 is 17.8 Å². The molecule has 2 aromatic carbocycles. The van der Waals surface area contributed by atoms with Crippen molar-refractivity contribution in [2.24, 2.45) is 0 Å². The van der Waals surface area contributed by atoms with Gasteiger partial charge in [-0.1, -0.05) is 12.1 Å². The van der Waals surface area contributed by atoms with Gasteiger partial charge in [0, 0.05) is 12.6 Å². The van der Waals surface area contributed by atoms with Crippen molar-refractivity contribution in [3.05, 3.63) is 47.5 Å². The summed E-state index contributed by atoms with van der Waals surface area (Å²) in [6.07, 6.45) is 0.571. The summed E-state index contributed by atoms with van der Waals surface area (Å²) in [5.74, 6) is -0.140. The predicted molar refractivity (Wildman–Crippen MR) is 78.8 cm³/mol. The Bertz CT molecular complexity index is 856. The average Bonchev–Trinajstić information content (AvgIpc) is 2.73. The fraction of sp³-hybridized carbons (Fsp3) is 0.133. The summed E-state index contributed by atoms with van der Waals surface area (Å²) in [5, 5.41) is 2.72. The van der Waals surface area contributed by atoms with Gasteiger partial charge in [0.05, 0.1) is 4.90 Å². The first-order chi connectivity index (χ1) is 9.84. The van der Waals surface area contributed by atoms with E-state index in [1.54, 1.807) is 6.07 Å². The van der Waals surface area contributed by atoms with Crippen molar-refractivity contribution >= 4 is 21.7 Å². The Morgan fingerprint density at radius 2 is 1.71 bits per heavy atom. The highest BCUT2D eigenvalue weighted by Crippen LogP contribution is 2.38. The Balaban J connectivity index is 2.03. The summed E-state index contributed by atoms with van der Waals surface area (Å²) in [6, 6.07) is 10.2. The normalized spacial score (nSPS) is 12.7. The van der Waals surface area contributed by atoms with Crippen LogP contribution < -0.4 is 5.32 Å². The third-order valence-corrected chi connectivity index (χ3v) is 4.32. The molecule has 0 aliphatic heterocycles. The molecule has 0 heterocycles. The van der Waals surface area contributed by atoms with Crippen molar-refractivity contribution in [2.75, 3.05) is 5.32 Å². The summed E-state index contributed by atoms with van der Waals surface area (Å²) in [4.78, 5) is 11.0. The van der Waals surface area contributed by atoms with Crippen LogP contribution in [0, 0.1) is 0 Å². The van der Waals surface area contributed by atoms with E-state index >= 15 is 0 Å². The number of amides is 1. The summed E-state index contributed by atoms with van der Waals surface area (Å²) in [7, 11) is -4.19. The SMILES string of the molecule is CC(=O)Nc1ccc2c(c1)Cc1cc(S(=O)(=O)O)ccc1-2. The van der Waals surface area contributed by atoms with E-state index in [0.29, 0.717) is 12.1 Å². The van der Waals surface area contributed by atoms with Crippen LogP contribution in [0.4, 0.5) is 5.69 Å². The van der Waals surface area contributed by atoms with Crippen LogP contribution >= 0.6 is 0 Å². The molecule has 0 unspecified atom stereocenters. The minimum atomic E-state index is -4.19. The van der Waals surface area contributed by atoms with E-state index in [2.05, 4.69) is 5.32 Å². The number of hydrogen-bond acceptors (Lipinski definition) is 3. The van der Waals surface area contributed by atoms with E-state index in [1.807, 2.05) is 18.2 Å². The molecule has 0 saturated heterocycles. The molecule has 0 radical (unpaired) electrons. The van der Waals surface area contributed by atoms with E-state index in [4.69, 9.17) is 4.55 Å². The minimum Gasteiger partial charge on any atom is -0.326 e. The van der Waals surface area contributed by atoms with Gasteiger partial charge in [-0.15, -0.1) is 0 Å². The Labute approximate surface area is 122 Å². The number of anilines is 1. The Kier molecular flexibility index (Phi) is 3.07. The Morgan fingerprint density at radius 3 is 2.33 bits per heavy atom. The maximum absolute atomic E-state index is 11.2. The van der Waals surface area contributed by atoms with Crippen molar-refractivity contribution in [2.45, 2.75) is 18.2 Å². The van der Waals surface area contributed by atoms with Gasteiger partial charge in [0.25, 0.3) is 10.1 Å². The van der Waals surface area contributed by atoms with Crippen molar-refractivity contribution in [3.8, 4) is 11.1 Å². The number of nitrogens with one attached hydrogen (secondary N) is 1. The molecule has 5 nitrogen and oxygen atoms in total. The van der Waals surface area contributed by atoms with E-state index in [0.717, 1.165) is 22.3 Å². The second kappa shape index (κ2) is 4.68. The maximum Gasteiger partial charge on any atom is 0.294 e. The lowest BCUT2D eigenvalue weighted by atomic mass is 10.1. The molecule has 3 rings (SSSR count). The molecule has 1 aliphatic carbocycles. The Hall–Kier alpha value is -2.18. The number of hydrogen-bond donors (Lipinski definition) is 2. The number of rotatable bonds is 2. The highest BCUT2D eigenvalue weighted by molar-refractivity contribution is 7.85. The fourth-order valence-corrected chi connectivity index (χ4v) is 3.16. The zero-order chi connectivity index (χ0) is 15.2. The average molecular weight is 303 g/mol. The zero-order valence-electron chi connectivity index (χ0n) is 11.3. The van der Waals surface area contributed by atoms with Gasteiger partial charge in [-0.25, -0.2) is 0 Å². The minimum absolute atomic E-state index is 0.101. The number of carbonyl (C=O) groups excluding carboxylic acids is 1. The molecule has 0 saturated carbocycles. The molecule has 0 bridgehead atoms. The third-order valence-electron chi connectivity index (χ3n) is 3.47. The van der Waals surface area contributed by atoms with Crippen molar-refractivity contribution in [1.29, 1.82) is 0 Å². The first-order valence-corrected chi connectivity index (χ1v) is 7.80. The highest BCUT2D eigenvalue weighted by Gasteiger charge is 2.21. The lowest BCUT2D eigenvalue weighted by Gasteiger charge is -2.05. The van der Waals surface area contributed by atoms with Crippen LogP contribution in [0.5, 0.6) is 0 Å². The molecule has 2 N–H and O–H groups in total. The molecule has 1 aliphatic rings. The lowest BCUT2D eigenvalue weighted by Crippen LogP contribution is -2.05. The topological polar surface area (TPSA) is 83.5 Å². The smallest absolute Gasteiger partial charge is 0.294 e. The van der Waals surface area contributed by atoms with E-state index in [9.17, 15) is 13.2 Å². The summed E-state index contributed by atoms with van der Waals surface area (Å²) in [6.45, 7) is 1.44. The number of benzene rings is 2. The van der Waals surface area contributed by atoms with Gasteiger partial charge >= 0.3 is 0 Å². The fourth-order valence-electron chi connectivity index (χ4n) is 2.63. The quantitative estimate of drug-likeness (QED) is 0.712. The monoisotopic (exact) mass is 303 g/mol. The number of carbonyl (C=O) groups is 1. The second-order valence-corrected chi connectivity index (χ2v) is 6.45. The van der Waals surface area contributed by atoms with Crippen LogP contribution in [0.15, 0.2) is 41.3 Å². The van der Waals surface area contributed by atoms with Gasteiger partial charge in [0.2, 0.25) is 5.91 Å². The van der Waals surface area contributed by atoms with Crippen molar-refractivity contribution in [3.63, 3.8) is 0 Å². The largest absolute Gasteiger partial charge is 0.326 e. The van der Waals surface area contributed by atoms with Gasteiger partial charge in [0.15, 0.2) is 0 Å². The van der Waals surface area contributed by atoms with Crippen LogP contribution in [-0.4, -0.2) is 18.9 Å². The Morgan fingerprint density at radius 1 is 1.10 bits per heavy atom. The molecular formula is C15H13NO4S. The molecule has 0 atom stereocenters. The van der Waals surface area contributed by atoms with E-state index in [-0.39, 0.29) is 10.8 Å².